The fourth-order valence-electron chi connectivity index (χ4n) is 3.70. The molecule has 25 heavy (non-hydrogen) atoms. The normalized spacial score (nSPS) is 43.0. The Bertz CT molecular complexity index is 494. The highest BCUT2D eigenvalue weighted by atomic mass is 28.4. The summed E-state index contributed by atoms with van der Waals surface area (Å²) in [5, 5.41) is 10.9. The lowest BCUT2D eigenvalue weighted by Crippen LogP contribution is -2.64. The molecule has 0 unspecified atom stereocenters. The van der Waals surface area contributed by atoms with Gasteiger partial charge in [-0.2, -0.15) is 0 Å². The molecule has 3 fully saturated rings. The minimum absolute atomic E-state index is 0.0536. The van der Waals surface area contributed by atoms with Crippen molar-refractivity contribution in [1.29, 1.82) is 0 Å². The molecule has 0 spiro atoms. The lowest BCUT2D eigenvalue weighted by atomic mass is 9.85. The molecule has 2 aliphatic heterocycles. The van der Waals surface area contributed by atoms with Crippen LogP contribution in [0.25, 0.3) is 0 Å². The van der Waals surface area contributed by atoms with Gasteiger partial charge in [-0.05, 0) is 45.8 Å². The fraction of sp³-hybridized carbons (Fsp3) is 1.00. The van der Waals surface area contributed by atoms with Crippen molar-refractivity contribution in [3.8, 4) is 0 Å². The largest absolute Gasteiger partial charge is 0.408 e. The van der Waals surface area contributed by atoms with Crippen molar-refractivity contribution in [1.82, 2.24) is 0 Å². The quantitative estimate of drug-likeness (QED) is 0.750. The molecule has 146 valence electrons. The van der Waals surface area contributed by atoms with Gasteiger partial charge in [0.2, 0.25) is 0 Å². The molecule has 0 amide bonds. The number of aliphatic hydroxyl groups is 1. The summed E-state index contributed by atoms with van der Waals surface area (Å²) in [5.74, 6) is -1.53. The number of hydrogen-bond donors (Lipinski definition) is 1. The van der Waals surface area contributed by atoms with Crippen molar-refractivity contribution < 1.29 is 28.5 Å². The van der Waals surface area contributed by atoms with Gasteiger partial charge < -0.3 is 28.5 Å². The Morgan fingerprint density at radius 1 is 0.800 bits per heavy atom. The molecule has 3 rings (SSSR count). The Morgan fingerprint density at radius 3 is 1.52 bits per heavy atom. The molecule has 0 aromatic carbocycles. The number of aliphatic hydroxyl groups excluding tert-OH is 1. The topological polar surface area (TPSA) is 66.4 Å². The summed E-state index contributed by atoms with van der Waals surface area (Å²) in [5.41, 5.74) is 0. The molecule has 3 aliphatic rings. The Hall–Kier alpha value is -0.0231. The first kappa shape index (κ1) is 19.7. The zero-order valence-corrected chi connectivity index (χ0v) is 18.0. The third kappa shape index (κ3) is 3.45. The van der Waals surface area contributed by atoms with Gasteiger partial charge in [0.15, 0.2) is 19.9 Å². The van der Waals surface area contributed by atoms with Gasteiger partial charge in [-0.15, -0.1) is 0 Å². The van der Waals surface area contributed by atoms with Crippen molar-refractivity contribution in [2.75, 3.05) is 0 Å². The molecular formula is C18H34O6Si. The lowest BCUT2D eigenvalue weighted by Gasteiger charge is -2.46. The molecular weight excluding hydrogens is 340 g/mol. The van der Waals surface area contributed by atoms with E-state index >= 15 is 0 Å². The maximum Gasteiger partial charge on any atom is 0.192 e. The molecule has 0 aromatic heterocycles. The Morgan fingerprint density at radius 2 is 1.16 bits per heavy atom. The van der Waals surface area contributed by atoms with Crippen LogP contribution in [0.15, 0.2) is 0 Å². The van der Waals surface area contributed by atoms with Crippen LogP contribution in [0.3, 0.4) is 0 Å². The highest BCUT2D eigenvalue weighted by Gasteiger charge is 2.64. The van der Waals surface area contributed by atoms with Crippen molar-refractivity contribution >= 4 is 8.32 Å². The van der Waals surface area contributed by atoms with Crippen molar-refractivity contribution in [2.45, 2.75) is 115 Å². The van der Waals surface area contributed by atoms with E-state index in [1.807, 2.05) is 27.7 Å². The summed E-state index contributed by atoms with van der Waals surface area (Å²) < 4.78 is 31.0. The molecule has 0 radical (unpaired) electrons. The summed E-state index contributed by atoms with van der Waals surface area (Å²) in [6, 6.07) is 0. The monoisotopic (exact) mass is 374 g/mol. The van der Waals surface area contributed by atoms with Gasteiger partial charge in [-0.25, -0.2) is 0 Å². The number of rotatable bonds is 2. The van der Waals surface area contributed by atoms with E-state index in [0.29, 0.717) is 0 Å². The van der Waals surface area contributed by atoms with Crippen LogP contribution < -0.4 is 0 Å². The minimum atomic E-state index is -2.08. The Balaban J connectivity index is 1.95. The van der Waals surface area contributed by atoms with Crippen LogP contribution in [-0.4, -0.2) is 61.6 Å². The van der Waals surface area contributed by atoms with Gasteiger partial charge in [0, 0.05) is 0 Å². The summed E-state index contributed by atoms with van der Waals surface area (Å²) >= 11 is 0. The second kappa shape index (κ2) is 5.74. The smallest absolute Gasteiger partial charge is 0.192 e. The van der Waals surface area contributed by atoms with E-state index in [1.54, 1.807) is 0 Å². The van der Waals surface area contributed by atoms with Crippen molar-refractivity contribution in [2.24, 2.45) is 0 Å². The minimum Gasteiger partial charge on any atom is -0.408 e. The first-order valence-corrected chi connectivity index (χ1v) is 12.1. The lowest BCUT2D eigenvalue weighted by molar-refractivity contribution is -0.182. The number of hydrogen-bond acceptors (Lipinski definition) is 6. The van der Waals surface area contributed by atoms with Gasteiger partial charge >= 0.3 is 0 Å². The molecule has 2 saturated heterocycles. The first-order valence-electron chi connectivity index (χ1n) is 9.21. The van der Waals surface area contributed by atoms with Crippen LogP contribution in [0.4, 0.5) is 0 Å². The van der Waals surface area contributed by atoms with Crippen LogP contribution >= 0.6 is 0 Å². The highest BCUT2D eigenvalue weighted by molar-refractivity contribution is 6.74. The van der Waals surface area contributed by atoms with E-state index in [0.717, 1.165) is 0 Å². The van der Waals surface area contributed by atoms with Gasteiger partial charge in [0.1, 0.15) is 36.6 Å². The summed E-state index contributed by atoms with van der Waals surface area (Å²) in [6.45, 7) is 18.5. The van der Waals surface area contributed by atoms with Crippen LogP contribution in [0.5, 0.6) is 0 Å². The third-order valence-corrected chi connectivity index (χ3v) is 10.4. The number of fused-ring (bicyclic) bond motifs is 2. The van der Waals surface area contributed by atoms with Crippen LogP contribution in [-0.2, 0) is 23.4 Å². The molecule has 1 N–H and O–H groups in total. The average molecular weight is 375 g/mol. The SMILES string of the molecule is CC1(C)O[C@@H]2[C@@H](O[Si](C)(C)C(C)(C)C)[C@@H]3OC(C)(C)O[C@H]3[C@H](O)[C@H]2O1. The summed E-state index contributed by atoms with van der Waals surface area (Å²) in [6.07, 6.45) is -2.86. The average Bonchev–Trinajstić information content (AvgIpc) is 2.89. The van der Waals surface area contributed by atoms with E-state index in [-0.39, 0.29) is 23.4 Å². The van der Waals surface area contributed by atoms with E-state index < -0.39 is 38.2 Å². The Labute approximate surface area is 152 Å². The molecule has 6 nitrogen and oxygen atoms in total. The third-order valence-electron chi connectivity index (χ3n) is 5.88. The number of ether oxygens (including phenoxy) is 4. The zero-order valence-electron chi connectivity index (χ0n) is 17.0. The van der Waals surface area contributed by atoms with E-state index in [4.69, 9.17) is 23.4 Å². The zero-order chi connectivity index (χ0) is 19.0. The summed E-state index contributed by atoms with van der Waals surface area (Å²) in [7, 11) is -2.08. The van der Waals surface area contributed by atoms with Crippen LogP contribution in [0.1, 0.15) is 48.5 Å². The maximum atomic E-state index is 10.8. The molecule has 0 bridgehead atoms. The van der Waals surface area contributed by atoms with Gasteiger partial charge in [-0.1, -0.05) is 20.8 Å². The second-order valence-electron chi connectivity index (χ2n) is 9.96. The summed E-state index contributed by atoms with van der Waals surface area (Å²) in [4.78, 5) is 0. The van der Waals surface area contributed by atoms with E-state index in [9.17, 15) is 5.11 Å². The molecule has 6 atom stereocenters. The van der Waals surface area contributed by atoms with Gasteiger partial charge in [0.05, 0.1) is 0 Å². The highest BCUT2D eigenvalue weighted by Crippen LogP contribution is 2.47. The van der Waals surface area contributed by atoms with Crippen LogP contribution in [0, 0.1) is 0 Å². The van der Waals surface area contributed by atoms with Crippen molar-refractivity contribution in [3.05, 3.63) is 0 Å². The predicted octanol–water partition coefficient (Wildman–Crippen LogP) is 2.79. The predicted molar refractivity (Wildman–Crippen MR) is 95.7 cm³/mol. The van der Waals surface area contributed by atoms with Crippen LogP contribution in [0.2, 0.25) is 18.1 Å². The van der Waals surface area contributed by atoms with E-state index in [1.165, 1.54) is 0 Å². The molecule has 1 aliphatic carbocycles. The van der Waals surface area contributed by atoms with Gasteiger partial charge in [-0.3, -0.25) is 0 Å². The molecule has 2 heterocycles. The second-order valence-corrected chi connectivity index (χ2v) is 14.7. The Kier molecular flexibility index (Phi) is 4.53. The standard InChI is InChI=1S/C18H34O6Si/c1-16(2,3)25(8,9)24-15-13-11(20-17(4,5)22-13)10(19)12-14(15)23-18(6,7)21-12/h10-15,19H,1-9H3/t10-,11-,12+,13+,14-,15-. The molecule has 1 saturated carbocycles. The fourth-order valence-corrected chi connectivity index (χ4v) is 5.00. The first-order chi connectivity index (χ1) is 11.1. The van der Waals surface area contributed by atoms with E-state index in [2.05, 4.69) is 33.9 Å². The maximum absolute atomic E-state index is 10.8. The van der Waals surface area contributed by atoms with Gasteiger partial charge in [0.25, 0.3) is 0 Å². The molecule has 7 heteroatoms. The van der Waals surface area contributed by atoms with Crippen molar-refractivity contribution in [3.63, 3.8) is 0 Å². The molecule has 0 aromatic rings.